The Hall–Kier alpha value is -1.14. The standard InChI is InChI=1S/C15H15BrFNO3/c16-12-3-8(1-7-2-9(4-17)21-14(7)12)15(19)18-13-10-5-20-6-11(10)13/h1,3,9-11,13H,2,4-6H2,(H,18,19). The molecule has 21 heavy (non-hydrogen) atoms. The van der Waals surface area contributed by atoms with E-state index in [2.05, 4.69) is 21.2 Å². The molecule has 3 unspecified atom stereocenters. The number of amides is 1. The molecule has 4 nitrogen and oxygen atoms in total. The number of nitrogens with one attached hydrogen (secondary N) is 1. The number of halogens is 2. The van der Waals surface area contributed by atoms with Crippen LogP contribution in [-0.2, 0) is 11.2 Å². The summed E-state index contributed by atoms with van der Waals surface area (Å²) in [5, 5.41) is 3.06. The molecule has 1 aromatic rings. The molecule has 0 radical (unpaired) electrons. The van der Waals surface area contributed by atoms with E-state index in [4.69, 9.17) is 9.47 Å². The van der Waals surface area contributed by atoms with Gasteiger partial charge in [-0.3, -0.25) is 4.79 Å². The van der Waals surface area contributed by atoms with E-state index in [1.165, 1.54) is 0 Å². The Labute approximate surface area is 130 Å². The molecular formula is C15H15BrFNO3. The van der Waals surface area contributed by atoms with E-state index in [0.717, 1.165) is 18.8 Å². The molecule has 6 heteroatoms. The highest BCUT2D eigenvalue weighted by atomic mass is 79.9. The van der Waals surface area contributed by atoms with Crippen molar-refractivity contribution in [2.24, 2.45) is 11.8 Å². The highest BCUT2D eigenvalue weighted by Gasteiger charge is 2.54. The first-order chi connectivity index (χ1) is 10.2. The van der Waals surface area contributed by atoms with Gasteiger partial charge in [-0.2, -0.15) is 0 Å². The van der Waals surface area contributed by atoms with Crippen molar-refractivity contribution >= 4 is 21.8 Å². The molecule has 1 amide bonds. The molecule has 0 bridgehead atoms. The molecule has 1 N–H and O–H groups in total. The lowest BCUT2D eigenvalue weighted by Gasteiger charge is -2.10. The first kappa shape index (κ1) is 13.5. The number of alkyl halides is 1. The fourth-order valence-corrected chi connectivity index (χ4v) is 3.89. The zero-order chi connectivity index (χ0) is 14.6. The molecule has 112 valence electrons. The molecule has 0 aromatic heterocycles. The molecule has 1 saturated carbocycles. The smallest absolute Gasteiger partial charge is 0.251 e. The maximum atomic E-state index is 12.7. The zero-order valence-corrected chi connectivity index (χ0v) is 12.9. The monoisotopic (exact) mass is 355 g/mol. The van der Waals surface area contributed by atoms with Crippen molar-refractivity contribution in [1.82, 2.24) is 5.32 Å². The number of carbonyl (C=O) groups is 1. The van der Waals surface area contributed by atoms with Crippen molar-refractivity contribution in [3.05, 3.63) is 27.7 Å². The van der Waals surface area contributed by atoms with Crippen LogP contribution >= 0.6 is 15.9 Å². The van der Waals surface area contributed by atoms with Gasteiger partial charge in [0.1, 0.15) is 18.5 Å². The van der Waals surface area contributed by atoms with Gasteiger partial charge in [-0.15, -0.1) is 0 Å². The highest BCUT2D eigenvalue weighted by Crippen LogP contribution is 2.44. The van der Waals surface area contributed by atoms with E-state index in [0.29, 0.717) is 34.0 Å². The molecule has 2 heterocycles. The Morgan fingerprint density at radius 3 is 2.86 bits per heavy atom. The molecule has 0 spiro atoms. The van der Waals surface area contributed by atoms with Crippen LogP contribution in [0.15, 0.2) is 16.6 Å². The Morgan fingerprint density at radius 2 is 2.14 bits per heavy atom. The van der Waals surface area contributed by atoms with Gasteiger partial charge < -0.3 is 14.8 Å². The van der Waals surface area contributed by atoms with Gasteiger partial charge in [0, 0.05) is 29.9 Å². The second-order valence-electron chi connectivity index (χ2n) is 5.91. The highest BCUT2D eigenvalue weighted by molar-refractivity contribution is 9.10. The second kappa shape index (κ2) is 4.95. The zero-order valence-electron chi connectivity index (χ0n) is 11.3. The topological polar surface area (TPSA) is 47.6 Å². The Kier molecular flexibility index (Phi) is 3.19. The largest absolute Gasteiger partial charge is 0.486 e. The van der Waals surface area contributed by atoms with E-state index in [-0.39, 0.29) is 11.9 Å². The van der Waals surface area contributed by atoms with E-state index in [1.54, 1.807) is 12.1 Å². The molecule has 1 saturated heterocycles. The minimum Gasteiger partial charge on any atom is -0.486 e. The maximum absolute atomic E-state index is 12.7. The molecule has 2 aliphatic heterocycles. The number of carbonyl (C=O) groups excluding carboxylic acids is 1. The average Bonchev–Trinajstić information content (AvgIpc) is 2.90. The van der Waals surface area contributed by atoms with E-state index < -0.39 is 12.8 Å². The number of fused-ring (bicyclic) bond motifs is 2. The third-order valence-corrected chi connectivity index (χ3v) is 5.13. The number of hydrogen-bond acceptors (Lipinski definition) is 3. The average molecular weight is 356 g/mol. The predicted molar refractivity (Wildman–Crippen MR) is 77.3 cm³/mol. The number of ether oxygens (including phenoxy) is 2. The van der Waals surface area contributed by atoms with Crippen molar-refractivity contribution < 1.29 is 18.7 Å². The van der Waals surface area contributed by atoms with Crippen LogP contribution in [0.4, 0.5) is 4.39 Å². The lowest BCUT2D eigenvalue weighted by molar-refractivity contribution is 0.0929. The van der Waals surface area contributed by atoms with Crippen LogP contribution in [-0.4, -0.2) is 37.9 Å². The van der Waals surface area contributed by atoms with Gasteiger partial charge in [0.15, 0.2) is 0 Å². The molecule has 1 aliphatic carbocycles. The van der Waals surface area contributed by atoms with Gasteiger partial charge in [-0.1, -0.05) is 0 Å². The van der Waals surface area contributed by atoms with Crippen molar-refractivity contribution in [3.63, 3.8) is 0 Å². The van der Waals surface area contributed by atoms with Crippen molar-refractivity contribution in [1.29, 1.82) is 0 Å². The lowest BCUT2D eigenvalue weighted by Crippen LogP contribution is -2.29. The van der Waals surface area contributed by atoms with E-state index in [9.17, 15) is 9.18 Å². The predicted octanol–water partition coefficient (Wildman–Crippen LogP) is 2.10. The summed E-state index contributed by atoms with van der Waals surface area (Å²) < 4.78 is 24.3. The first-order valence-corrected chi connectivity index (χ1v) is 7.90. The molecule has 1 aromatic carbocycles. The summed E-state index contributed by atoms with van der Waals surface area (Å²) in [6.45, 7) is 0.971. The van der Waals surface area contributed by atoms with Gasteiger partial charge in [-0.05, 0) is 33.6 Å². The minimum atomic E-state index is -0.520. The Balaban J connectivity index is 1.51. The molecular weight excluding hydrogens is 341 g/mol. The normalized spacial score (nSPS) is 32.3. The van der Waals surface area contributed by atoms with Crippen molar-refractivity contribution in [3.8, 4) is 5.75 Å². The molecule has 3 aliphatic rings. The van der Waals surface area contributed by atoms with Gasteiger partial charge in [0.25, 0.3) is 5.91 Å². The van der Waals surface area contributed by atoms with Gasteiger partial charge in [0.2, 0.25) is 0 Å². The third kappa shape index (κ3) is 2.25. The molecule has 4 rings (SSSR count). The van der Waals surface area contributed by atoms with Crippen molar-refractivity contribution in [2.75, 3.05) is 19.9 Å². The van der Waals surface area contributed by atoms with Gasteiger partial charge in [0.05, 0.1) is 17.7 Å². The van der Waals surface area contributed by atoms with Crippen LogP contribution in [0.5, 0.6) is 5.75 Å². The quantitative estimate of drug-likeness (QED) is 0.903. The van der Waals surface area contributed by atoms with Crippen LogP contribution in [0.3, 0.4) is 0 Å². The van der Waals surface area contributed by atoms with Gasteiger partial charge >= 0.3 is 0 Å². The van der Waals surface area contributed by atoms with Crippen LogP contribution in [0.2, 0.25) is 0 Å². The summed E-state index contributed by atoms with van der Waals surface area (Å²) in [6.07, 6.45) is 0.0724. The SMILES string of the molecule is O=C(NC1C2COCC21)c1cc(Br)c2c(c1)CC(CF)O2. The van der Waals surface area contributed by atoms with Gasteiger partial charge in [-0.25, -0.2) is 4.39 Å². The van der Waals surface area contributed by atoms with Crippen LogP contribution < -0.4 is 10.1 Å². The van der Waals surface area contributed by atoms with E-state index >= 15 is 0 Å². The minimum absolute atomic E-state index is 0.0819. The number of benzene rings is 1. The summed E-state index contributed by atoms with van der Waals surface area (Å²) in [6, 6.07) is 3.79. The van der Waals surface area contributed by atoms with Crippen molar-refractivity contribution in [2.45, 2.75) is 18.6 Å². The summed E-state index contributed by atoms with van der Waals surface area (Å²) in [4.78, 5) is 12.3. The fourth-order valence-electron chi connectivity index (χ4n) is 3.29. The van der Waals surface area contributed by atoms with E-state index in [1.807, 2.05) is 0 Å². The Bertz CT molecular complexity index is 599. The second-order valence-corrected chi connectivity index (χ2v) is 6.76. The Morgan fingerprint density at radius 1 is 1.38 bits per heavy atom. The summed E-state index contributed by atoms with van der Waals surface area (Å²) >= 11 is 3.41. The summed E-state index contributed by atoms with van der Waals surface area (Å²) in [7, 11) is 0. The number of rotatable bonds is 3. The molecule has 2 fully saturated rings. The molecule has 3 atom stereocenters. The number of hydrogen-bond donors (Lipinski definition) is 1. The van der Waals surface area contributed by atoms with Crippen LogP contribution in [0.1, 0.15) is 15.9 Å². The summed E-state index contributed by atoms with van der Waals surface area (Å²) in [5.41, 5.74) is 1.48. The summed E-state index contributed by atoms with van der Waals surface area (Å²) in [5.74, 6) is 1.53. The maximum Gasteiger partial charge on any atom is 0.251 e. The van der Waals surface area contributed by atoms with Crippen LogP contribution in [0.25, 0.3) is 0 Å². The third-order valence-electron chi connectivity index (χ3n) is 4.54. The lowest BCUT2D eigenvalue weighted by atomic mass is 10.1. The fraction of sp³-hybridized carbons (Fsp3) is 0.533. The first-order valence-electron chi connectivity index (χ1n) is 7.11. The van der Waals surface area contributed by atoms with Crippen LogP contribution in [0, 0.1) is 11.8 Å².